The molecule has 0 saturated carbocycles. The van der Waals surface area contributed by atoms with Crippen molar-refractivity contribution in [3.05, 3.63) is 40.5 Å². The Hall–Kier alpha value is -2.54. The molecule has 0 atom stereocenters. The predicted molar refractivity (Wildman–Crippen MR) is 97.7 cm³/mol. The summed E-state index contributed by atoms with van der Waals surface area (Å²) in [5, 5.41) is 4.91. The van der Waals surface area contributed by atoms with Crippen molar-refractivity contribution in [3.63, 3.8) is 0 Å². The Balaban J connectivity index is 1.65. The van der Waals surface area contributed by atoms with Crippen LogP contribution in [-0.4, -0.2) is 42.6 Å². The third-order valence-electron chi connectivity index (χ3n) is 4.24. The SMILES string of the molecule is Cc1cnc(C)n2nc(/C=C/c3nc(Cl)cc(N4CCCC4)n3)nc12. The molecular formula is C17H18ClN7. The van der Waals surface area contributed by atoms with Gasteiger partial charge in [-0.15, -0.1) is 5.10 Å². The first-order valence-corrected chi connectivity index (χ1v) is 8.64. The summed E-state index contributed by atoms with van der Waals surface area (Å²) in [7, 11) is 0. The maximum Gasteiger partial charge on any atom is 0.175 e. The van der Waals surface area contributed by atoms with Gasteiger partial charge in [0.1, 0.15) is 16.8 Å². The van der Waals surface area contributed by atoms with E-state index in [2.05, 4.69) is 29.9 Å². The van der Waals surface area contributed by atoms with E-state index in [0.717, 1.165) is 35.9 Å². The van der Waals surface area contributed by atoms with E-state index in [0.29, 0.717) is 16.8 Å². The van der Waals surface area contributed by atoms with Crippen molar-refractivity contribution in [2.45, 2.75) is 26.7 Å². The molecule has 1 fully saturated rings. The molecule has 0 bridgehead atoms. The number of hydrogen-bond acceptors (Lipinski definition) is 6. The molecular weight excluding hydrogens is 338 g/mol. The topological polar surface area (TPSA) is 72.1 Å². The predicted octanol–water partition coefficient (Wildman–Crippen LogP) is 2.96. The van der Waals surface area contributed by atoms with E-state index in [-0.39, 0.29) is 0 Å². The number of hydrogen-bond donors (Lipinski definition) is 0. The summed E-state index contributed by atoms with van der Waals surface area (Å²) < 4.78 is 1.74. The molecule has 25 heavy (non-hydrogen) atoms. The van der Waals surface area contributed by atoms with Crippen LogP contribution in [0.3, 0.4) is 0 Å². The highest BCUT2D eigenvalue weighted by Gasteiger charge is 2.15. The van der Waals surface area contributed by atoms with Gasteiger partial charge in [0.25, 0.3) is 0 Å². The summed E-state index contributed by atoms with van der Waals surface area (Å²) in [6.45, 7) is 5.88. The van der Waals surface area contributed by atoms with Crippen molar-refractivity contribution in [1.29, 1.82) is 0 Å². The minimum absolute atomic E-state index is 0.440. The van der Waals surface area contributed by atoms with Crippen LogP contribution in [0.5, 0.6) is 0 Å². The molecule has 0 radical (unpaired) electrons. The second-order valence-corrected chi connectivity index (χ2v) is 6.52. The van der Waals surface area contributed by atoms with Crippen LogP contribution >= 0.6 is 11.6 Å². The Kier molecular flexibility index (Phi) is 4.09. The molecule has 4 heterocycles. The summed E-state index contributed by atoms with van der Waals surface area (Å²) >= 11 is 6.16. The van der Waals surface area contributed by atoms with Crippen molar-refractivity contribution >= 4 is 35.2 Å². The quantitative estimate of drug-likeness (QED) is 0.672. The van der Waals surface area contributed by atoms with E-state index in [4.69, 9.17) is 11.6 Å². The molecule has 0 N–H and O–H groups in total. The van der Waals surface area contributed by atoms with Crippen molar-refractivity contribution in [2.24, 2.45) is 0 Å². The fourth-order valence-electron chi connectivity index (χ4n) is 2.94. The molecule has 128 valence electrons. The van der Waals surface area contributed by atoms with Gasteiger partial charge in [0.2, 0.25) is 0 Å². The lowest BCUT2D eigenvalue weighted by atomic mass is 10.3. The molecule has 0 aliphatic carbocycles. The summed E-state index contributed by atoms with van der Waals surface area (Å²) in [6, 6.07) is 1.81. The lowest BCUT2D eigenvalue weighted by Gasteiger charge is -2.16. The molecule has 1 aliphatic heterocycles. The van der Waals surface area contributed by atoms with Crippen LogP contribution in [0.1, 0.15) is 35.9 Å². The number of aromatic nitrogens is 6. The lowest BCUT2D eigenvalue weighted by Crippen LogP contribution is -2.19. The Morgan fingerprint density at radius 3 is 2.56 bits per heavy atom. The van der Waals surface area contributed by atoms with Gasteiger partial charge in [-0.2, -0.15) is 4.52 Å². The smallest absolute Gasteiger partial charge is 0.175 e. The third-order valence-corrected chi connectivity index (χ3v) is 4.43. The Morgan fingerprint density at radius 2 is 1.80 bits per heavy atom. The molecule has 8 heteroatoms. The van der Waals surface area contributed by atoms with Crippen LogP contribution in [0.15, 0.2) is 12.3 Å². The highest BCUT2D eigenvalue weighted by Crippen LogP contribution is 2.21. The molecule has 1 aliphatic rings. The molecule has 0 amide bonds. The van der Waals surface area contributed by atoms with E-state index in [1.807, 2.05) is 19.9 Å². The highest BCUT2D eigenvalue weighted by atomic mass is 35.5. The van der Waals surface area contributed by atoms with Gasteiger partial charge in [-0.25, -0.2) is 19.9 Å². The van der Waals surface area contributed by atoms with Gasteiger partial charge in [0.15, 0.2) is 17.3 Å². The monoisotopic (exact) mass is 355 g/mol. The molecule has 7 nitrogen and oxygen atoms in total. The Morgan fingerprint density at radius 1 is 1.04 bits per heavy atom. The standard InChI is InChI=1S/C17H18ClN7/c1-11-10-19-12(2)25-17(11)22-15(23-25)6-5-14-20-13(18)9-16(21-14)24-7-3-4-8-24/h5-6,9-10H,3-4,7-8H2,1-2H3/b6-5+. The van der Waals surface area contributed by atoms with Gasteiger partial charge >= 0.3 is 0 Å². The maximum absolute atomic E-state index is 6.16. The zero-order chi connectivity index (χ0) is 17.4. The fourth-order valence-corrected chi connectivity index (χ4v) is 3.12. The van der Waals surface area contributed by atoms with Gasteiger partial charge in [-0.3, -0.25) is 0 Å². The number of nitrogens with zero attached hydrogens (tertiary/aromatic N) is 7. The van der Waals surface area contributed by atoms with E-state index in [1.54, 1.807) is 22.9 Å². The zero-order valence-corrected chi connectivity index (χ0v) is 14.9. The molecule has 4 rings (SSSR count). The number of halogens is 1. The molecule has 0 unspecified atom stereocenters. The van der Waals surface area contributed by atoms with Crippen LogP contribution in [0.25, 0.3) is 17.8 Å². The van der Waals surface area contributed by atoms with E-state index in [9.17, 15) is 0 Å². The summed E-state index contributed by atoms with van der Waals surface area (Å²) in [4.78, 5) is 19.9. The van der Waals surface area contributed by atoms with Crippen LogP contribution in [0.2, 0.25) is 5.15 Å². The average molecular weight is 356 g/mol. The molecule has 3 aromatic heterocycles. The average Bonchev–Trinajstić information content (AvgIpc) is 3.26. The van der Waals surface area contributed by atoms with Gasteiger partial charge in [0, 0.05) is 30.9 Å². The lowest BCUT2D eigenvalue weighted by molar-refractivity contribution is 0.854. The molecule has 1 saturated heterocycles. The first kappa shape index (κ1) is 16.0. The molecule has 3 aromatic rings. The largest absolute Gasteiger partial charge is 0.356 e. The molecule has 0 spiro atoms. The number of anilines is 1. The first-order valence-electron chi connectivity index (χ1n) is 8.27. The van der Waals surface area contributed by atoms with Crippen molar-refractivity contribution in [1.82, 2.24) is 29.5 Å². The fraction of sp³-hybridized carbons (Fsp3) is 0.353. The Bertz CT molecular complexity index is 918. The number of aryl methyl sites for hydroxylation is 2. The molecule has 0 aromatic carbocycles. The minimum Gasteiger partial charge on any atom is -0.356 e. The van der Waals surface area contributed by atoms with Gasteiger partial charge < -0.3 is 4.90 Å². The van der Waals surface area contributed by atoms with E-state index >= 15 is 0 Å². The highest BCUT2D eigenvalue weighted by molar-refractivity contribution is 6.29. The minimum atomic E-state index is 0.440. The van der Waals surface area contributed by atoms with Gasteiger partial charge in [-0.1, -0.05) is 11.6 Å². The number of fused-ring (bicyclic) bond motifs is 1. The van der Waals surface area contributed by atoms with Crippen LogP contribution < -0.4 is 4.90 Å². The van der Waals surface area contributed by atoms with E-state index in [1.165, 1.54) is 12.8 Å². The van der Waals surface area contributed by atoms with Crippen LogP contribution in [0, 0.1) is 13.8 Å². The van der Waals surface area contributed by atoms with E-state index < -0.39 is 0 Å². The van der Waals surface area contributed by atoms with Crippen LogP contribution in [-0.2, 0) is 0 Å². The summed E-state index contributed by atoms with van der Waals surface area (Å²) in [5.41, 5.74) is 1.78. The normalized spacial score (nSPS) is 14.9. The second-order valence-electron chi connectivity index (χ2n) is 6.13. The summed E-state index contributed by atoms with van der Waals surface area (Å²) in [6.07, 6.45) is 7.76. The van der Waals surface area contributed by atoms with Gasteiger partial charge in [-0.05, 0) is 38.8 Å². The Labute approximate surface area is 150 Å². The maximum atomic E-state index is 6.16. The summed E-state index contributed by atoms with van der Waals surface area (Å²) in [5.74, 6) is 2.81. The first-order chi connectivity index (χ1) is 12.1. The van der Waals surface area contributed by atoms with Gasteiger partial charge in [0.05, 0.1) is 0 Å². The van der Waals surface area contributed by atoms with Crippen molar-refractivity contribution < 1.29 is 0 Å². The zero-order valence-electron chi connectivity index (χ0n) is 14.1. The number of rotatable bonds is 3. The van der Waals surface area contributed by atoms with Crippen molar-refractivity contribution in [2.75, 3.05) is 18.0 Å². The second kappa shape index (κ2) is 6.40. The van der Waals surface area contributed by atoms with Crippen molar-refractivity contribution in [3.8, 4) is 0 Å². The van der Waals surface area contributed by atoms with Crippen LogP contribution in [0.4, 0.5) is 5.82 Å². The third kappa shape index (κ3) is 3.19.